The molecule has 6 atom stereocenters. The number of amides is 6. The molecule has 4 aromatic carbocycles. The van der Waals surface area contributed by atoms with Gasteiger partial charge in [0.1, 0.15) is 41.3 Å². The lowest BCUT2D eigenvalue weighted by molar-refractivity contribution is -0.135. The number of nitrogens with one attached hydrogen (secondary N) is 6. The molecule has 410 valence electrons. The molecule has 6 unspecified atom stereocenters. The van der Waals surface area contributed by atoms with Gasteiger partial charge in [-0.25, -0.2) is 0 Å². The van der Waals surface area contributed by atoms with Gasteiger partial charge in [-0.05, 0) is 111 Å². The van der Waals surface area contributed by atoms with Gasteiger partial charge in [-0.3, -0.25) is 38.1 Å². The second-order valence-electron chi connectivity index (χ2n) is 21.0. The zero-order valence-electron chi connectivity index (χ0n) is 45.3. The number of hydrogen-bond donors (Lipinski definition) is 8. The van der Waals surface area contributed by atoms with Crippen molar-refractivity contribution in [1.82, 2.24) is 46.7 Å². The number of ether oxygens (including phenoxy) is 1. The molecule has 1 aromatic heterocycles. The van der Waals surface area contributed by atoms with E-state index in [4.69, 9.17) is 4.74 Å². The van der Waals surface area contributed by atoms with E-state index in [0.717, 1.165) is 11.1 Å². The van der Waals surface area contributed by atoms with E-state index in [2.05, 4.69) is 42.1 Å². The molecule has 1 saturated heterocycles. The van der Waals surface area contributed by atoms with Gasteiger partial charge >= 0.3 is 0 Å². The van der Waals surface area contributed by atoms with Gasteiger partial charge in [-0.15, -0.1) is 10.2 Å². The molecule has 19 heteroatoms. The molecule has 19 nitrogen and oxygen atoms in total. The summed E-state index contributed by atoms with van der Waals surface area (Å²) in [5.41, 5.74) is 1.90. The smallest absolute Gasteiger partial charge is 0.289 e. The minimum atomic E-state index is -1.18. The minimum absolute atomic E-state index is 0.0562. The van der Waals surface area contributed by atoms with Crippen molar-refractivity contribution < 1.29 is 48.5 Å². The number of phenolic OH excluding ortho intramolecular Hbond substituents is 2. The van der Waals surface area contributed by atoms with Crippen molar-refractivity contribution in [2.45, 2.75) is 136 Å². The molecule has 1 fully saturated rings. The summed E-state index contributed by atoms with van der Waals surface area (Å²) in [7, 11) is 0. The predicted molar refractivity (Wildman–Crippen MR) is 290 cm³/mol. The third kappa shape index (κ3) is 15.6. The number of aromatic nitrogens is 3. The maximum Gasteiger partial charge on any atom is 0.289 e. The second-order valence-corrected chi connectivity index (χ2v) is 21.0. The van der Waals surface area contributed by atoms with Crippen LogP contribution in [0, 0.1) is 11.8 Å². The molecule has 0 radical (unpaired) electrons. The van der Waals surface area contributed by atoms with Crippen LogP contribution in [0.4, 0.5) is 0 Å². The lowest BCUT2D eigenvalue weighted by Gasteiger charge is -2.28. The molecule has 5 aromatic rings. The summed E-state index contributed by atoms with van der Waals surface area (Å²) in [5, 5.41) is 46.7. The summed E-state index contributed by atoms with van der Waals surface area (Å²) < 4.78 is 6.86. The summed E-state index contributed by atoms with van der Waals surface area (Å²) in [6.45, 7) is 16.9. The lowest BCUT2D eigenvalue weighted by atomic mass is 9.93. The first-order valence-corrected chi connectivity index (χ1v) is 26.3. The number of aromatic hydroxyl groups is 2. The van der Waals surface area contributed by atoms with E-state index in [9.17, 15) is 43.8 Å². The first-order chi connectivity index (χ1) is 36.6. The number of carbonyl (C=O) groups excluding carboxylic acids is 7. The third-order valence-electron chi connectivity index (χ3n) is 13.2. The van der Waals surface area contributed by atoms with E-state index < -0.39 is 71.3 Å². The molecule has 0 bridgehead atoms. The molecule has 0 saturated carbocycles. The lowest BCUT2D eigenvalue weighted by Crippen LogP contribution is -2.59. The fourth-order valence-electron chi connectivity index (χ4n) is 8.85. The number of epoxide rings is 1. The summed E-state index contributed by atoms with van der Waals surface area (Å²) in [6, 6.07) is 21.8. The van der Waals surface area contributed by atoms with E-state index in [-0.39, 0.29) is 83.7 Å². The molecular formula is C58H73N9O10. The van der Waals surface area contributed by atoms with Crippen LogP contribution in [0.2, 0.25) is 0 Å². The number of hydrogen-bond acceptors (Lipinski definition) is 12. The van der Waals surface area contributed by atoms with Crippen molar-refractivity contribution in [3.05, 3.63) is 125 Å². The van der Waals surface area contributed by atoms with Gasteiger partial charge in [0.25, 0.3) is 11.8 Å². The van der Waals surface area contributed by atoms with Crippen LogP contribution in [-0.4, -0.2) is 115 Å². The molecular weight excluding hydrogens is 983 g/mol. The Morgan fingerprint density at radius 3 is 1.77 bits per heavy atom. The number of carbonyl (C=O) groups is 7. The molecule has 77 heavy (non-hydrogen) atoms. The summed E-state index contributed by atoms with van der Waals surface area (Å²) in [6.07, 6.45) is 1.12. The number of aryl methyl sites for hydroxylation is 1. The Morgan fingerprint density at radius 1 is 0.636 bits per heavy atom. The van der Waals surface area contributed by atoms with Crippen LogP contribution in [0.1, 0.15) is 125 Å². The van der Waals surface area contributed by atoms with Crippen LogP contribution < -0.4 is 31.9 Å². The van der Waals surface area contributed by atoms with Crippen molar-refractivity contribution in [2.75, 3.05) is 13.2 Å². The fraction of sp³-hybridized carbons (Fsp3) is 0.431. The number of benzene rings is 4. The van der Waals surface area contributed by atoms with Crippen LogP contribution >= 0.6 is 0 Å². The largest absolute Gasteiger partial charge is 0.508 e. The van der Waals surface area contributed by atoms with Crippen molar-refractivity contribution >= 4 is 41.2 Å². The third-order valence-corrected chi connectivity index (χ3v) is 13.2. The maximum absolute atomic E-state index is 14.4. The minimum Gasteiger partial charge on any atom is -0.508 e. The number of Topliss-reactive ketones (excluding diaryl/α,β-unsaturated/α-hetero) is 1. The van der Waals surface area contributed by atoms with Crippen molar-refractivity contribution in [1.29, 1.82) is 0 Å². The molecule has 2 heterocycles. The predicted octanol–water partition coefficient (Wildman–Crippen LogP) is 5.60. The van der Waals surface area contributed by atoms with Gasteiger partial charge in [0, 0.05) is 30.3 Å². The van der Waals surface area contributed by atoms with Crippen LogP contribution in [-0.2, 0) is 41.6 Å². The number of nitrogens with zero attached hydrogens (tertiary/aromatic N) is 3. The number of ketones is 1. The van der Waals surface area contributed by atoms with Crippen LogP contribution in [0.5, 0.6) is 11.5 Å². The molecule has 6 amide bonds. The molecule has 0 spiro atoms. The standard InChI is InChI=1S/C58H73N9O10/c1-10-59-57(76)51-66-65-50(42-30-41(35(6)7)47(68)31-48(42)69)67(51)40-24-22-39(23-25-40)53(72)60-36(8)52(71)61-43(26-21-37-17-13-11-14-18-37)54(73)63-45(28-34(4)5)55(74)64-46(29-38-19-15-12-16-20-38)56(75)62-44(27-33(2)3)49(70)58(9)32-77-58/h11-20,22-25,30-31,33-36,43-46,68-69H,10,21,26-29,32H2,1-9H3,(H,59,76)(H,60,72)(H,61,71)(H,62,75)(H,63,73)(H,64,74). The fourth-order valence-corrected chi connectivity index (χ4v) is 8.85. The van der Waals surface area contributed by atoms with Gasteiger partial charge in [0.2, 0.25) is 29.5 Å². The molecule has 6 rings (SSSR count). The Balaban J connectivity index is 1.19. The highest BCUT2D eigenvalue weighted by Gasteiger charge is 2.50. The van der Waals surface area contributed by atoms with Gasteiger partial charge in [-0.2, -0.15) is 0 Å². The van der Waals surface area contributed by atoms with Crippen LogP contribution in [0.3, 0.4) is 0 Å². The SMILES string of the molecule is CCNC(=O)c1nnc(-c2cc(C(C)C)c(O)cc2O)n1-c1ccc(C(=O)NC(C)C(=O)NC(CCc2ccccc2)C(=O)NC(CC(C)C)C(=O)NC(Cc2ccccc2)C(=O)NC(CC(C)C)C(=O)C2(C)CO2)cc1. The Kier molecular flexibility index (Phi) is 19.9. The maximum atomic E-state index is 14.4. The first-order valence-electron chi connectivity index (χ1n) is 26.3. The molecule has 1 aliphatic heterocycles. The second kappa shape index (κ2) is 26.2. The van der Waals surface area contributed by atoms with E-state index in [1.165, 1.54) is 29.7 Å². The van der Waals surface area contributed by atoms with Gasteiger partial charge in [0.05, 0.1) is 18.2 Å². The van der Waals surface area contributed by atoms with Crippen LogP contribution in [0.25, 0.3) is 17.1 Å². The Morgan fingerprint density at radius 2 is 1.18 bits per heavy atom. The molecule has 1 aliphatic rings. The zero-order chi connectivity index (χ0) is 56.1. The highest BCUT2D eigenvalue weighted by molar-refractivity contribution is 6.00. The van der Waals surface area contributed by atoms with Gasteiger partial charge < -0.3 is 46.9 Å². The van der Waals surface area contributed by atoms with E-state index >= 15 is 0 Å². The summed E-state index contributed by atoms with van der Waals surface area (Å²) in [4.78, 5) is 97.5. The van der Waals surface area contributed by atoms with Crippen LogP contribution in [0.15, 0.2) is 97.1 Å². The monoisotopic (exact) mass is 1060 g/mol. The van der Waals surface area contributed by atoms with E-state index in [1.807, 2.05) is 102 Å². The van der Waals surface area contributed by atoms with Gasteiger partial charge in [-0.1, -0.05) is 102 Å². The Bertz CT molecular complexity index is 2880. The van der Waals surface area contributed by atoms with E-state index in [1.54, 1.807) is 32.0 Å². The number of phenols is 2. The quantitative estimate of drug-likeness (QED) is 0.0315. The topological polar surface area (TPSA) is 275 Å². The zero-order valence-corrected chi connectivity index (χ0v) is 45.3. The Labute approximate surface area is 449 Å². The van der Waals surface area contributed by atoms with Crippen molar-refractivity contribution in [3.8, 4) is 28.6 Å². The first kappa shape index (κ1) is 58.3. The highest BCUT2D eigenvalue weighted by atomic mass is 16.6. The normalized spacial score (nSPS) is 15.9. The summed E-state index contributed by atoms with van der Waals surface area (Å²) in [5.74, 6) is -4.53. The summed E-state index contributed by atoms with van der Waals surface area (Å²) >= 11 is 0. The Hall–Kier alpha value is -7.93. The average Bonchev–Trinajstić information content (AvgIpc) is 3.99. The highest BCUT2D eigenvalue weighted by Crippen LogP contribution is 2.38. The molecule has 8 N–H and O–H groups in total. The number of rotatable bonds is 26. The van der Waals surface area contributed by atoms with E-state index in [0.29, 0.717) is 30.6 Å². The van der Waals surface area contributed by atoms with Gasteiger partial charge in [0.15, 0.2) is 11.6 Å². The average molecular weight is 1060 g/mol. The molecule has 0 aliphatic carbocycles. The van der Waals surface area contributed by atoms with Crippen molar-refractivity contribution in [2.24, 2.45) is 11.8 Å². The van der Waals surface area contributed by atoms with Crippen molar-refractivity contribution in [3.63, 3.8) is 0 Å².